The van der Waals surface area contributed by atoms with Gasteiger partial charge in [0.1, 0.15) is 12.4 Å². The standard InChI is InChI=1S/C32H40N2O3/c1-6-34(7-2)22-23-37-26-20-17-24(18-21-26)16-19-25-12-8-9-13-27(25)28-14-10-11-15-29(28)30(32(3,4)5)33-31(35)36/h8-21,30,33H,6-7,22-23H2,1-5H3,(H,35,36)/b19-16+. The summed E-state index contributed by atoms with van der Waals surface area (Å²) in [6.07, 6.45) is 3.18. The van der Waals surface area contributed by atoms with E-state index in [2.05, 4.69) is 66.5 Å². The van der Waals surface area contributed by atoms with Crippen molar-refractivity contribution >= 4 is 18.2 Å². The zero-order valence-electron chi connectivity index (χ0n) is 22.7. The molecule has 0 radical (unpaired) electrons. The number of likely N-dealkylation sites (N-methyl/N-ethyl adjacent to an activating group) is 1. The number of ether oxygens (including phenoxy) is 1. The lowest BCUT2D eigenvalue weighted by molar-refractivity contribution is 0.175. The topological polar surface area (TPSA) is 61.8 Å². The molecular formula is C32H40N2O3. The summed E-state index contributed by atoms with van der Waals surface area (Å²) >= 11 is 0. The Balaban J connectivity index is 1.83. The van der Waals surface area contributed by atoms with Crippen LogP contribution in [0.5, 0.6) is 5.75 Å². The smallest absolute Gasteiger partial charge is 0.405 e. The highest BCUT2D eigenvalue weighted by Crippen LogP contribution is 2.39. The molecule has 196 valence electrons. The van der Waals surface area contributed by atoms with E-state index in [0.29, 0.717) is 6.61 Å². The van der Waals surface area contributed by atoms with E-state index < -0.39 is 6.09 Å². The molecule has 1 amide bonds. The van der Waals surface area contributed by atoms with Crippen LogP contribution in [-0.2, 0) is 0 Å². The minimum Gasteiger partial charge on any atom is -0.492 e. The molecule has 0 saturated carbocycles. The first-order valence-corrected chi connectivity index (χ1v) is 13.0. The number of hydrogen-bond donors (Lipinski definition) is 2. The Morgan fingerprint density at radius 2 is 1.54 bits per heavy atom. The summed E-state index contributed by atoms with van der Waals surface area (Å²) in [5, 5.41) is 12.3. The van der Waals surface area contributed by atoms with Gasteiger partial charge in [0.15, 0.2) is 0 Å². The van der Waals surface area contributed by atoms with Crippen LogP contribution in [-0.4, -0.2) is 42.3 Å². The van der Waals surface area contributed by atoms with Crippen LogP contribution in [0.4, 0.5) is 4.79 Å². The van der Waals surface area contributed by atoms with E-state index in [9.17, 15) is 9.90 Å². The Bertz CT molecular complexity index is 1180. The highest BCUT2D eigenvalue weighted by Gasteiger charge is 2.30. The van der Waals surface area contributed by atoms with Gasteiger partial charge in [-0.15, -0.1) is 0 Å². The molecule has 3 rings (SSSR count). The number of carbonyl (C=O) groups is 1. The fraction of sp³-hybridized carbons (Fsp3) is 0.344. The molecule has 0 bridgehead atoms. The molecule has 0 aromatic heterocycles. The number of benzene rings is 3. The lowest BCUT2D eigenvalue weighted by atomic mass is 9.79. The van der Waals surface area contributed by atoms with Gasteiger partial charge in [0.05, 0.1) is 6.04 Å². The van der Waals surface area contributed by atoms with Gasteiger partial charge in [-0.25, -0.2) is 4.79 Å². The average molecular weight is 501 g/mol. The van der Waals surface area contributed by atoms with Crippen molar-refractivity contribution in [2.45, 2.75) is 40.7 Å². The van der Waals surface area contributed by atoms with Gasteiger partial charge in [-0.05, 0) is 58.5 Å². The summed E-state index contributed by atoms with van der Waals surface area (Å²) in [7, 11) is 0. The van der Waals surface area contributed by atoms with Gasteiger partial charge in [0.25, 0.3) is 0 Å². The second-order valence-corrected chi connectivity index (χ2v) is 10.2. The highest BCUT2D eigenvalue weighted by molar-refractivity contribution is 5.82. The van der Waals surface area contributed by atoms with E-state index >= 15 is 0 Å². The largest absolute Gasteiger partial charge is 0.492 e. The summed E-state index contributed by atoms with van der Waals surface area (Å²) in [4.78, 5) is 14.0. The zero-order valence-corrected chi connectivity index (χ0v) is 22.7. The second-order valence-electron chi connectivity index (χ2n) is 10.2. The van der Waals surface area contributed by atoms with Gasteiger partial charge < -0.3 is 20.1 Å². The number of nitrogens with one attached hydrogen (secondary N) is 1. The number of nitrogens with zero attached hydrogens (tertiary/aromatic N) is 1. The predicted octanol–water partition coefficient (Wildman–Crippen LogP) is 7.60. The zero-order chi connectivity index (χ0) is 26.8. The fourth-order valence-corrected chi connectivity index (χ4v) is 4.46. The van der Waals surface area contributed by atoms with Crippen molar-refractivity contribution in [1.82, 2.24) is 10.2 Å². The SMILES string of the molecule is CCN(CC)CCOc1ccc(/C=C/c2ccccc2-c2ccccc2C(NC(=O)O)C(C)(C)C)cc1. The van der Waals surface area contributed by atoms with Gasteiger partial charge in [-0.2, -0.15) is 0 Å². The van der Waals surface area contributed by atoms with Crippen molar-refractivity contribution < 1.29 is 14.6 Å². The first-order chi connectivity index (χ1) is 17.7. The van der Waals surface area contributed by atoms with Gasteiger partial charge >= 0.3 is 6.09 Å². The number of rotatable bonds is 11. The molecule has 1 unspecified atom stereocenters. The molecule has 3 aromatic carbocycles. The van der Waals surface area contributed by atoms with E-state index in [1.807, 2.05) is 63.2 Å². The summed E-state index contributed by atoms with van der Waals surface area (Å²) in [5.74, 6) is 0.873. The summed E-state index contributed by atoms with van der Waals surface area (Å²) in [6, 6.07) is 24.0. The molecule has 0 aliphatic rings. The maximum atomic E-state index is 11.6. The average Bonchev–Trinajstić information content (AvgIpc) is 2.89. The predicted molar refractivity (Wildman–Crippen MR) is 154 cm³/mol. The van der Waals surface area contributed by atoms with Crippen molar-refractivity contribution in [2.75, 3.05) is 26.2 Å². The van der Waals surface area contributed by atoms with Crippen LogP contribution in [0.15, 0.2) is 72.8 Å². The van der Waals surface area contributed by atoms with Gasteiger partial charge in [-0.1, -0.05) is 107 Å². The summed E-state index contributed by atoms with van der Waals surface area (Å²) in [5.41, 5.74) is 4.90. The monoisotopic (exact) mass is 500 g/mol. The Labute approximate surface area is 221 Å². The van der Waals surface area contributed by atoms with Crippen LogP contribution in [0, 0.1) is 5.41 Å². The van der Waals surface area contributed by atoms with E-state index in [1.54, 1.807) is 0 Å². The van der Waals surface area contributed by atoms with E-state index in [4.69, 9.17) is 4.74 Å². The molecule has 5 heteroatoms. The van der Waals surface area contributed by atoms with Crippen LogP contribution in [0.25, 0.3) is 23.3 Å². The van der Waals surface area contributed by atoms with Gasteiger partial charge in [0, 0.05) is 6.54 Å². The Morgan fingerprint density at radius 3 is 2.16 bits per heavy atom. The highest BCUT2D eigenvalue weighted by atomic mass is 16.5. The normalized spacial score (nSPS) is 12.6. The maximum absolute atomic E-state index is 11.6. The number of amides is 1. The maximum Gasteiger partial charge on any atom is 0.405 e. The summed E-state index contributed by atoms with van der Waals surface area (Å²) in [6.45, 7) is 14.1. The van der Waals surface area contributed by atoms with Gasteiger partial charge in [-0.3, -0.25) is 0 Å². The molecule has 0 aliphatic heterocycles. The van der Waals surface area contributed by atoms with Crippen molar-refractivity contribution in [2.24, 2.45) is 5.41 Å². The van der Waals surface area contributed by atoms with Crippen molar-refractivity contribution in [3.63, 3.8) is 0 Å². The van der Waals surface area contributed by atoms with Gasteiger partial charge in [0.2, 0.25) is 0 Å². The quantitative estimate of drug-likeness (QED) is 0.266. The lowest BCUT2D eigenvalue weighted by Crippen LogP contribution is -2.36. The Kier molecular flexibility index (Phi) is 9.93. The number of carboxylic acid groups (broad SMARTS) is 1. The molecule has 37 heavy (non-hydrogen) atoms. The molecule has 5 nitrogen and oxygen atoms in total. The molecule has 0 spiro atoms. The van der Waals surface area contributed by atoms with Crippen LogP contribution >= 0.6 is 0 Å². The molecular weight excluding hydrogens is 460 g/mol. The Hall–Kier alpha value is -3.57. The minimum absolute atomic E-state index is 0.297. The lowest BCUT2D eigenvalue weighted by Gasteiger charge is -2.32. The molecule has 2 N–H and O–H groups in total. The third kappa shape index (κ3) is 7.96. The molecule has 0 saturated heterocycles. The van der Waals surface area contributed by atoms with Crippen LogP contribution < -0.4 is 10.1 Å². The summed E-state index contributed by atoms with van der Waals surface area (Å²) < 4.78 is 5.91. The molecule has 0 heterocycles. The molecule has 0 fully saturated rings. The first-order valence-electron chi connectivity index (χ1n) is 13.0. The third-order valence-corrected chi connectivity index (χ3v) is 6.56. The van der Waals surface area contributed by atoms with Crippen molar-refractivity contribution in [3.05, 3.63) is 89.5 Å². The van der Waals surface area contributed by atoms with Crippen molar-refractivity contribution in [3.8, 4) is 16.9 Å². The van der Waals surface area contributed by atoms with Crippen LogP contribution in [0.2, 0.25) is 0 Å². The van der Waals surface area contributed by atoms with E-state index in [-0.39, 0.29) is 11.5 Å². The minimum atomic E-state index is -1.02. The fourth-order valence-electron chi connectivity index (χ4n) is 4.46. The molecule has 3 aromatic rings. The first kappa shape index (κ1) is 28.0. The Morgan fingerprint density at radius 1 is 0.919 bits per heavy atom. The third-order valence-electron chi connectivity index (χ3n) is 6.56. The van der Waals surface area contributed by atoms with Crippen molar-refractivity contribution in [1.29, 1.82) is 0 Å². The molecule has 1 atom stereocenters. The second kappa shape index (κ2) is 13.1. The number of hydrogen-bond acceptors (Lipinski definition) is 3. The van der Waals surface area contributed by atoms with E-state index in [1.165, 1.54) is 0 Å². The molecule has 0 aliphatic carbocycles. The van der Waals surface area contributed by atoms with Crippen LogP contribution in [0.3, 0.4) is 0 Å². The van der Waals surface area contributed by atoms with Crippen LogP contribution in [0.1, 0.15) is 57.4 Å². The van der Waals surface area contributed by atoms with E-state index in [0.717, 1.165) is 53.2 Å².